The van der Waals surface area contributed by atoms with Gasteiger partial charge in [-0.25, -0.2) is 0 Å². The first-order valence-corrected chi connectivity index (χ1v) is 29.9. The molecule has 18 heteroatoms. The molecule has 9 aliphatic rings. The number of thioether (sulfide) groups is 1. The van der Waals surface area contributed by atoms with Crippen LogP contribution in [0.3, 0.4) is 0 Å². The monoisotopic (exact) mass is 1240 g/mol. The van der Waals surface area contributed by atoms with Gasteiger partial charge in [0.2, 0.25) is 0 Å². The molecular weight excluding hydrogens is 1170 g/mol. The fourth-order valence-corrected chi connectivity index (χ4v) is 9.46. The van der Waals surface area contributed by atoms with Gasteiger partial charge in [-0.05, 0) is 113 Å². The molecule has 17 rings (SSSR count). The number of pyridine rings is 7. The van der Waals surface area contributed by atoms with Crippen LogP contribution >= 0.6 is 11.8 Å². The van der Waals surface area contributed by atoms with Crippen molar-refractivity contribution >= 4 is 113 Å². The summed E-state index contributed by atoms with van der Waals surface area (Å²) in [6, 6.07) is 25.9. The average molecular weight is 1240 g/mol. The lowest BCUT2D eigenvalue weighted by atomic mass is 10.1. The highest BCUT2D eigenvalue weighted by atomic mass is 32.2. The molecule has 7 aromatic heterocycles. The van der Waals surface area contributed by atoms with Crippen molar-refractivity contribution in [1.29, 1.82) is 0 Å². The Morgan fingerprint density at radius 2 is 1.04 bits per heavy atom. The van der Waals surface area contributed by atoms with Gasteiger partial charge < -0.3 is 42.5 Å². The highest BCUT2D eigenvalue weighted by Gasteiger charge is 2.12. The van der Waals surface area contributed by atoms with E-state index in [4.69, 9.17) is 0 Å². The second-order valence-corrected chi connectivity index (χ2v) is 21.3. The molecule has 0 saturated carbocycles. The molecule has 0 atom stereocenters. The summed E-state index contributed by atoms with van der Waals surface area (Å²) in [5.74, 6) is 0. The fraction of sp³-hybridized carbons (Fsp3) is 0.0133. The van der Waals surface area contributed by atoms with Gasteiger partial charge in [-0.15, -0.1) is 0 Å². The maximum atomic E-state index is 4.19. The Bertz CT molecular complexity index is 4400. The molecule has 0 saturated heterocycles. The van der Waals surface area contributed by atoms with E-state index in [-0.39, 0.29) is 0 Å². The molecule has 0 radical (unpaired) electrons. The molecule has 16 heterocycles. The first-order valence-electron chi connectivity index (χ1n) is 29.0. The minimum atomic E-state index is 0.792. The Kier molecular flexibility index (Phi) is 23.0. The number of nitrogens with zero attached hydrogens (tertiary/aromatic N) is 8. The molecule has 93 heavy (non-hydrogen) atoms. The standard InChI is InChI=1S/7C9H8N2.C9H9N.C3H4N2S/c1-7-9-3-4-10-6-8(9)2-5-11-7;1-7-9-6-10-4-2-8(9)3-5-11-7;1-7-4-9-5-10-3-2-8(9)6-11-7;1-7-4-8-2-3-10-5-9(8)6-11-7;1-7-8-3-2-5-11-9(8)4-6-10-7;1-7-9-8(4-6-10-7)3-2-5-11-9;1-7-5-9-8(6-11-7)3-2-4-10-9;1-7-9-5-3-2-4-8(9)6-10-7;1-3-5-4-2-6-3/h4*2-6,11H,1H2;3*2-6,10H,1H2;2-5,10H,1,6H2;2,5H,1H2. The molecule has 0 fully saturated rings. The van der Waals surface area contributed by atoms with Gasteiger partial charge in [0.1, 0.15) is 0 Å². The Hall–Kier alpha value is -12.7. The van der Waals surface area contributed by atoms with E-state index < -0.39 is 0 Å². The van der Waals surface area contributed by atoms with E-state index in [0.29, 0.717) is 0 Å². The maximum Gasteiger partial charge on any atom is 0.0930 e. The summed E-state index contributed by atoms with van der Waals surface area (Å²) >= 11 is 1.50. The summed E-state index contributed by atoms with van der Waals surface area (Å²) < 4.78 is 0. The highest BCUT2D eigenvalue weighted by molar-refractivity contribution is 8.15. The van der Waals surface area contributed by atoms with Gasteiger partial charge in [0, 0.05) is 212 Å². The summed E-state index contributed by atoms with van der Waals surface area (Å²) in [5, 5.41) is 35.5. The quantitative estimate of drug-likeness (QED) is 0.0696. The highest BCUT2D eigenvalue weighted by Crippen LogP contribution is 2.23. The van der Waals surface area contributed by atoms with Gasteiger partial charge in [0.05, 0.1) is 33.0 Å². The number of allylic oxidation sites excluding steroid dienone is 3. The molecule has 9 aliphatic heterocycles. The average Bonchev–Trinajstić information content (AvgIpc) is 2.54. The predicted molar refractivity (Wildman–Crippen MR) is 388 cm³/mol. The lowest BCUT2D eigenvalue weighted by Crippen LogP contribution is -2.31. The summed E-state index contributed by atoms with van der Waals surface area (Å²) in [7, 11) is 0. The number of aromatic nitrogens is 7. The molecule has 0 aliphatic carbocycles. The minimum absolute atomic E-state index is 0.792. The zero-order chi connectivity index (χ0) is 65.2. The molecule has 1 aromatic carbocycles. The Morgan fingerprint density at radius 3 is 1.76 bits per heavy atom. The normalized spacial score (nSPS) is 14.2. The minimum Gasteiger partial charge on any atom is -0.381 e. The number of nitrogens with one attached hydrogen (secondary N) is 9. The van der Waals surface area contributed by atoms with Crippen LogP contribution in [0.5, 0.6) is 0 Å². The number of hydrogen-bond acceptors (Lipinski definition) is 18. The smallest absolute Gasteiger partial charge is 0.0930 e. The van der Waals surface area contributed by atoms with Gasteiger partial charge in [-0.1, -0.05) is 101 Å². The Morgan fingerprint density at radius 1 is 0.419 bits per heavy atom. The van der Waals surface area contributed by atoms with E-state index in [1.54, 1.807) is 42.7 Å². The summed E-state index contributed by atoms with van der Waals surface area (Å²) in [6.07, 6.45) is 48.8. The molecule has 0 unspecified atom stereocenters. The van der Waals surface area contributed by atoms with Crippen LogP contribution in [0.4, 0.5) is 5.69 Å². The van der Waals surface area contributed by atoms with Crippen LogP contribution in [-0.2, 0) is 6.54 Å². The lowest BCUT2D eigenvalue weighted by Gasteiger charge is -2.12. The van der Waals surface area contributed by atoms with E-state index in [9.17, 15) is 0 Å². The molecule has 8 aromatic rings. The van der Waals surface area contributed by atoms with E-state index in [2.05, 4.69) is 165 Å². The second kappa shape index (κ2) is 33.1. The van der Waals surface area contributed by atoms with Crippen LogP contribution in [0.25, 0.3) is 90.0 Å². The molecule has 0 amide bonds. The SMILES string of the molecule is C=C1C=c2ccncc2=CN1.C=C1C=c2cnccc2=CN1.C=C1NC=Cc2cccnc21.C=C1NC=Cc2ccncc21.C=C1NC=Cc2cnccc21.C=C1NC=Cc2ncccc21.C=C1NCc2ccccc21.C=C1NN=CS1.C=c1cc2c(cn1)=CC=CN2. The van der Waals surface area contributed by atoms with Gasteiger partial charge in [0.15, 0.2) is 0 Å². The zero-order valence-electron chi connectivity index (χ0n) is 51.2. The second-order valence-electron chi connectivity index (χ2n) is 20.4. The van der Waals surface area contributed by atoms with Crippen LogP contribution in [0.2, 0.25) is 0 Å². The Labute approximate surface area is 545 Å². The van der Waals surface area contributed by atoms with Crippen LogP contribution in [0, 0.1) is 0 Å². The van der Waals surface area contributed by atoms with Crippen molar-refractivity contribution in [1.82, 2.24) is 77.5 Å². The number of hydrazone groups is 1. The van der Waals surface area contributed by atoms with E-state index >= 15 is 0 Å². The van der Waals surface area contributed by atoms with Gasteiger partial charge in [-0.2, -0.15) is 5.10 Å². The van der Waals surface area contributed by atoms with Crippen molar-refractivity contribution in [3.63, 3.8) is 0 Å². The molecule has 9 N–H and O–H groups in total. The van der Waals surface area contributed by atoms with Crippen molar-refractivity contribution in [2.45, 2.75) is 6.54 Å². The fourth-order valence-electron chi connectivity index (χ4n) is 9.12. The van der Waals surface area contributed by atoms with Crippen molar-refractivity contribution in [2.75, 3.05) is 5.32 Å². The van der Waals surface area contributed by atoms with Crippen molar-refractivity contribution in [3.05, 3.63) is 340 Å². The maximum absolute atomic E-state index is 4.19. The number of fused-ring (bicyclic) bond motifs is 8. The van der Waals surface area contributed by atoms with Crippen LogP contribution < -0.4 is 79.4 Å². The molecular formula is C75H69N17S. The first kappa shape index (κ1) is 64.8. The van der Waals surface area contributed by atoms with E-state index in [1.165, 1.54) is 33.7 Å². The number of anilines is 1. The lowest BCUT2D eigenvalue weighted by molar-refractivity contribution is 0.946. The zero-order valence-corrected chi connectivity index (χ0v) is 52.0. The predicted octanol–water partition coefficient (Wildman–Crippen LogP) is 8.65. The van der Waals surface area contributed by atoms with Gasteiger partial charge in [-0.3, -0.25) is 40.3 Å². The van der Waals surface area contributed by atoms with Crippen molar-refractivity contribution in [3.8, 4) is 0 Å². The largest absolute Gasteiger partial charge is 0.381 e. The third-order valence-corrected chi connectivity index (χ3v) is 14.4. The number of hydrogen-bond donors (Lipinski definition) is 9. The molecule has 17 nitrogen and oxygen atoms in total. The number of rotatable bonds is 0. The van der Waals surface area contributed by atoms with Crippen molar-refractivity contribution < 1.29 is 0 Å². The summed E-state index contributed by atoms with van der Waals surface area (Å²) in [5.41, 5.74) is 23.2. The molecule has 0 spiro atoms. The Balaban J connectivity index is 0.000000124. The summed E-state index contributed by atoms with van der Waals surface area (Å²) in [4.78, 5) is 28.5. The van der Waals surface area contributed by atoms with Crippen LogP contribution in [0.15, 0.2) is 258 Å². The van der Waals surface area contributed by atoms with Gasteiger partial charge >= 0.3 is 0 Å². The first-order chi connectivity index (χ1) is 45.4. The topological polar surface area (TPSA) is 211 Å². The number of benzene rings is 1. The molecule has 460 valence electrons. The third kappa shape index (κ3) is 18.9. The van der Waals surface area contributed by atoms with Crippen LogP contribution in [0.1, 0.15) is 55.9 Å². The van der Waals surface area contributed by atoms with Gasteiger partial charge in [0.25, 0.3) is 0 Å². The summed E-state index contributed by atoms with van der Waals surface area (Å²) in [6.45, 7) is 35.1. The van der Waals surface area contributed by atoms with E-state index in [0.717, 1.165) is 123 Å². The molecule has 0 bridgehead atoms. The van der Waals surface area contributed by atoms with Crippen LogP contribution in [-0.4, -0.2) is 40.4 Å². The van der Waals surface area contributed by atoms with E-state index in [1.807, 2.05) is 184 Å². The van der Waals surface area contributed by atoms with Crippen molar-refractivity contribution in [2.24, 2.45) is 5.10 Å². The third-order valence-electron chi connectivity index (χ3n) is 13.8.